The molecule has 0 aliphatic carbocycles. The molecule has 0 bridgehead atoms. The Balaban J connectivity index is 1.26. The second-order valence-corrected chi connectivity index (χ2v) is 11.0. The first-order valence-corrected chi connectivity index (χ1v) is 14.3. The van der Waals surface area contributed by atoms with Gasteiger partial charge in [0, 0.05) is 101 Å². The number of nitrogens with zero attached hydrogens (tertiary/aromatic N) is 4. The van der Waals surface area contributed by atoms with Crippen molar-refractivity contribution in [3.8, 4) is 0 Å². The molecule has 1 N–H and O–H groups in total. The largest absolute Gasteiger partial charge is 0.377 e. The molecule has 4 rings (SSSR count). The Morgan fingerprint density at radius 2 is 1.32 bits per heavy atom. The van der Waals surface area contributed by atoms with E-state index < -0.39 is 0 Å². The van der Waals surface area contributed by atoms with Gasteiger partial charge in [-0.1, -0.05) is 0 Å². The van der Waals surface area contributed by atoms with Crippen molar-refractivity contribution in [3.05, 3.63) is 54.6 Å². The zero-order valence-electron chi connectivity index (χ0n) is 24.3. The van der Waals surface area contributed by atoms with Crippen LogP contribution in [0.15, 0.2) is 54.6 Å². The van der Waals surface area contributed by atoms with Gasteiger partial charge in [-0.2, -0.15) is 4.57 Å². The molecule has 3 aromatic rings. The van der Waals surface area contributed by atoms with Gasteiger partial charge in [0.1, 0.15) is 6.54 Å². The number of rotatable bonds is 14. The molecule has 8 heteroatoms. The van der Waals surface area contributed by atoms with Gasteiger partial charge in [-0.3, -0.25) is 19.3 Å². The van der Waals surface area contributed by atoms with Gasteiger partial charge in [0.25, 0.3) is 11.8 Å². The maximum atomic E-state index is 12.3. The van der Waals surface area contributed by atoms with E-state index in [0.29, 0.717) is 19.5 Å². The van der Waals surface area contributed by atoms with Crippen LogP contribution in [-0.2, 0) is 20.9 Å². The van der Waals surface area contributed by atoms with Crippen LogP contribution in [-0.4, -0.2) is 63.9 Å². The van der Waals surface area contributed by atoms with Gasteiger partial charge in [-0.25, -0.2) is 0 Å². The highest BCUT2D eigenvalue weighted by molar-refractivity contribution is 6.12. The first kappa shape index (κ1) is 29.1. The number of carbonyl (C=O) groups is 3. The molecular formula is C32H42N5O3+. The predicted molar refractivity (Wildman–Crippen MR) is 161 cm³/mol. The Morgan fingerprint density at radius 3 is 1.90 bits per heavy atom. The fourth-order valence-corrected chi connectivity index (χ4v) is 5.14. The van der Waals surface area contributed by atoms with Gasteiger partial charge in [-0.05, 0) is 62.4 Å². The number of nitrogens with one attached hydrogen (secondary N) is 1. The minimum absolute atomic E-state index is 0.0867. The summed E-state index contributed by atoms with van der Waals surface area (Å²) in [5.74, 6) is -0.382. The Morgan fingerprint density at radius 1 is 0.750 bits per heavy atom. The van der Waals surface area contributed by atoms with Crippen LogP contribution in [0.4, 0.5) is 11.4 Å². The lowest BCUT2D eigenvalue weighted by Crippen LogP contribution is -2.36. The summed E-state index contributed by atoms with van der Waals surface area (Å²) in [7, 11) is 8.27. The quantitative estimate of drug-likeness (QED) is 0.143. The van der Waals surface area contributed by atoms with Crippen molar-refractivity contribution in [1.82, 2.24) is 10.2 Å². The van der Waals surface area contributed by atoms with Crippen LogP contribution in [0.25, 0.3) is 21.8 Å². The normalized spacial score (nSPS) is 13.1. The van der Waals surface area contributed by atoms with Crippen LogP contribution >= 0.6 is 0 Å². The molecule has 8 nitrogen and oxygen atoms in total. The average molecular weight is 545 g/mol. The van der Waals surface area contributed by atoms with Crippen molar-refractivity contribution >= 4 is 50.9 Å². The van der Waals surface area contributed by atoms with Crippen LogP contribution in [0.2, 0.25) is 0 Å². The molecule has 1 aromatic heterocycles. The minimum Gasteiger partial charge on any atom is -0.377 e. The second-order valence-electron chi connectivity index (χ2n) is 11.0. The number of hydrogen-bond donors (Lipinski definition) is 1. The van der Waals surface area contributed by atoms with Crippen molar-refractivity contribution < 1.29 is 19.0 Å². The fourth-order valence-electron chi connectivity index (χ4n) is 5.14. The molecule has 3 amide bonds. The summed E-state index contributed by atoms with van der Waals surface area (Å²) in [5, 5.41) is 5.46. The molecule has 0 radical (unpaired) electrons. The average Bonchev–Trinajstić information content (AvgIpc) is 3.25. The zero-order chi connectivity index (χ0) is 28.6. The summed E-state index contributed by atoms with van der Waals surface area (Å²) in [6, 6.07) is 15.5. The van der Waals surface area contributed by atoms with E-state index in [1.165, 1.54) is 50.2 Å². The van der Waals surface area contributed by atoms with Crippen molar-refractivity contribution in [2.45, 2.75) is 51.5 Å². The lowest BCUT2D eigenvalue weighted by atomic mass is 10.1. The fraction of sp³-hybridized carbons (Fsp3) is 0.438. The smallest absolute Gasteiger partial charge is 0.253 e. The molecule has 0 spiro atoms. The molecule has 40 heavy (non-hydrogen) atoms. The third-order valence-electron chi connectivity index (χ3n) is 7.52. The minimum atomic E-state index is -0.234. The van der Waals surface area contributed by atoms with E-state index in [1.807, 2.05) is 0 Å². The SMILES string of the molecule is CN(C)c1ccc2cc3ccc(N(C)C)cc3[n+](CCCCCC(=O)NCCCCCN3C(=O)C=CC3=O)c2c1. The monoisotopic (exact) mass is 544 g/mol. The first-order valence-electron chi connectivity index (χ1n) is 14.3. The molecule has 2 aromatic carbocycles. The number of unbranched alkanes of at least 4 members (excludes halogenated alkanes) is 4. The van der Waals surface area contributed by atoms with Gasteiger partial charge in [0.15, 0.2) is 0 Å². The van der Waals surface area contributed by atoms with Gasteiger partial charge in [-0.15, -0.1) is 0 Å². The number of imide groups is 1. The molecule has 0 unspecified atom stereocenters. The van der Waals surface area contributed by atoms with Crippen molar-refractivity contribution in [3.63, 3.8) is 0 Å². The standard InChI is InChI=1S/C32H41N5O3/c1-34(2)26-14-12-24-21-25-13-15-27(35(3)4)23-29(25)36(28(24)22-26)19-9-5-7-11-30(38)33-18-8-6-10-20-37-31(39)16-17-32(37)40/h12-17,21-23H,5-11,18-20H2,1-4H3/p+1. The van der Waals surface area contributed by atoms with Crippen LogP contribution in [0.3, 0.4) is 0 Å². The van der Waals surface area contributed by atoms with E-state index in [-0.39, 0.29) is 17.7 Å². The highest BCUT2D eigenvalue weighted by Gasteiger charge is 2.22. The molecule has 0 fully saturated rings. The molecule has 2 heterocycles. The third-order valence-corrected chi connectivity index (χ3v) is 7.52. The number of hydrogen-bond acceptors (Lipinski definition) is 5. The third kappa shape index (κ3) is 7.17. The van der Waals surface area contributed by atoms with Gasteiger partial charge < -0.3 is 15.1 Å². The Kier molecular flexibility index (Phi) is 9.74. The first-order chi connectivity index (χ1) is 19.2. The Labute approximate surface area is 237 Å². The zero-order valence-corrected chi connectivity index (χ0v) is 24.3. The summed E-state index contributed by atoms with van der Waals surface area (Å²) in [6.07, 6.45) is 8.43. The van der Waals surface area contributed by atoms with Crippen LogP contribution in [0, 0.1) is 0 Å². The molecule has 0 saturated carbocycles. The lowest BCUT2D eigenvalue weighted by Gasteiger charge is -2.15. The summed E-state index contributed by atoms with van der Waals surface area (Å²) >= 11 is 0. The van der Waals surface area contributed by atoms with Crippen LogP contribution in [0.1, 0.15) is 44.9 Å². The number of amides is 3. The number of aryl methyl sites for hydroxylation is 1. The van der Waals surface area contributed by atoms with Gasteiger partial charge >= 0.3 is 0 Å². The highest BCUT2D eigenvalue weighted by atomic mass is 16.2. The van der Waals surface area contributed by atoms with E-state index in [0.717, 1.165) is 45.1 Å². The highest BCUT2D eigenvalue weighted by Crippen LogP contribution is 2.25. The topological polar surface area (TPSA) is 76.8 Å². The number of fused-ring (bicyclic) bond motifs is 2. The van der Waals surface area contributed by atoms with Gasteiger partial charge in [0.2, 0.25) is 16.9 Å². The summed E-state index contributed by atoms with van der Waals surface area (Å²) in [6.45, 7) is 1.95. The number of aromatic nitrogens is 1. The number of anilines is 2. The van der Waals surface area contributed by atoms with Crippen molar-refractivity contribution in [1.29, 1.82) is 0 Å². The molecular weight excluding hydrogens is 502 g/mol. The van der Waals surface area contributed by atoms with Crippen molar-refractivity contribution in [2.24, 2.45) is 0 Å². The van der Waals surface area contributed by atoms with E-state index >= 15 is 0 Å². The van der Waals surface area contributed by atoms with Crippen LogP contribution in [0.5, 0.6) is 0 Å². The summed E-state index contributed by atoms with van der Waals surface area (Å²) < 4.78 is 2.43. The van der Waals surface area contributed by atoms with Crippen molar-refractivity contribution in [2.75, 3.05) is 51.1 Å². The Bertz CT molecular complexity index is 1330. The molecule has 0 saturated heterocycles. The number of carbonyl (C=O) groups excluding carboxylic acids is 3. The van der Waals surface area contributed by atoms with Crippen LogP contribution < -0.4 is 19.7 Å². The molecule has 1 aliphatic heterocycles. The number of benzene rings is 2. The number of pyridine rings is 1. The van der Waals surface area contributed by atoms with E-state index in [9.17, 15) is 14.4 Å². The molecule has 0 atom stereocenters. The van der Waals surface area contributed by atoms with E-state index in [4.69, 9.17) is 0 Å². The van der Waals surface area contributed by atoms with Gasteiger partial charge in [0.05, 0.1) is 0 Å². The summed E-state index contributed by atoms with van der Waals surface area (Å²) in [4.78, 5) is 41.0. The predicted octanol–water partition coefficient (Wildman–Crippen LogP) is 4.18. The second kappa shape index (κ2) is 13.4. The van der Waals surface area contributed by atoms with E-state index in [1.54, 1.807) is 0 Å². The lowest BCUT2D eigenvalue weighted by molar-refractivity contribution is -0.645. The maximum Gasteiger partial charge on any atom is 0.253 e. The summed E-state index contributed by atoms with van der Waals surface area (Å²) in [5.41, 5.74) is 4.80. The molecule has 212 valence electrons. The van der Waals surface area contributed by atoms with E-state index in [2.05, 4.69) is 90.3 Å². The Hall–Kier alpha value is -3.94. The maximum absolute atomic E-state index is 12.3. The molecule has 1 aliphatic rings.